The summed E-state index contributed by atoms with van der Waals surface area (Å²) in [5.74, 6) is -1.87. The first-order valence-electron chi connectivity index (χ1n) is 9.75. The van der Waals surface area contributed by atoms with E-state index in [1.807, 2.05) is 4.90 Å². The quantitative estimate of drug-likeness (QED) is 0.670. The molecule has 3 rings (SSSR count). The summed E-state index contributed by atoms with van der Waals surface area (Å²) in [6, 6.07) is 11.4. The minimum absolute atomic E-state index is 0.0848. The molecule has 1 aliphatic rings. The van der Waals surface area contributed by atoms with E-state index in [9.17, 15) is 19.5 Å². The summed E-state index contributed by atoms with van der Waals surface area (Å²) in [7, 11) is 0. The van der Waals surface area contributed by atoms with Crippen LogP contribution in [0.4, 0.5) is 11.4 Å². The van der Waals surface area contributed by atoms with Crippen molar-refractivity contribution in [2.24, 2.45) is 5.92 Å². The van der Waals surface area contributed by atoms with Crippen molar-refractivity contribution in [2.45, 2.75) is 19.8 Å². The number of rotatable bonds is 6. The number of aromatic carboxylic acids is 1. The Balaban J connectivity index is 1.75. The Morgan fingerprint density at radius 1 is 1.13 bits per heavy atom. The summed E-state index contributed by atoms with van der Waals surface area (Å²) >= 11 is 6.05. The van der Waals surface area contributed by atoms with Crippen molar-refractivity contribution in [1.29, 1.82) is 0 Å². The van der Waals surface area contributed by atoms with E-state index in [-0.39, 0.29) is 17.5 Å². The molecule has 0 atom stereocenters. The number of nitrogens with one attached hydrogen (secondary N) is 1. The van der Waals surface area contributed by atoms with E-state index in [0.29, 0.717) is 54.5 Å². The summed E-state index contributed by atoms with van der Waals surface area (Å²) < 4.78 is 5.08. The van der Waals surface area contributed by atoms with Gasteiger partial charge >= 0.3 is 11.9 Å². The van der Waals surface area contributed by atoms with Crippen LogP contribution in [0.5, 0.6) is 0 Å². The largest absolute Gasteiger partial charge is 0.478 e. The molecule has 0 bridgehead atoms. The molecular weight excluding hydrogens is 408 g/mol. The van der Waals surface area contributed by atoms with E-state index >= 15 is 0 Å². The van der Waals surface area contributed by atoms with Crippen LogP contribution in [-0.2, 0) is 9.53 Å². The van der Waals surface area contributed by atoms with Gasteiger partial charge in [0.05, 0.1) is 34.4 Å². The van der Waals surface area contributed by atoms with E-state index in [4.69, 9.17) is 16.3 Å². The van der Waals surface area contributed by atoms with Gasteiger partial charge in [-0.2, -0.15) is 0 Å². The zero-order valence-corrected chi connectivity index (χ0v) is 17.3. The number of carbonyl (C=O) groups excluding carboxylic acids is 2. The first-order chi connectivity index (χ1) is 14.4. The standard InChI is InChI=1S/C22H23ClN2O5/c1-2-30-22(29)14-9-11-25(12-10-14)19-8-7-15(13-17(19)21(27)28)24-20(26)16-5-3-4-6-18(16)23/h3-8,13-14H,2,9-12H2,1H3,(H,24,26)(H,27,28). The topological polar surface area (TPSA) is 95.9 Å². The lowest BCUT2D eigenvalue weighted by molar-refractivity contribution is -0.148. The molecule has 1 saturated heterocycles. The number of hydrogen-bond donors (Lipinski definition) is 2. The predicted molar refractivity (Wildman–Crippen MR) is 114 cm³/mol. The fourth-order valence-electron chi connectivity index (χ4n) is 3.52. The normalized spacial score (nSPS) is 14.3. The molecule has 8 heteroatoms. The number of carbonyl (C=O) groups is 3. The number of nitrogens with zero attached hydrogens (tertiary/aromatic N) is 1. The third-order valence-electron chi connectivity index (χ3n) is 5.06. The van der Waals surface area contributed by atoms with E-state index < -0.39 is 11.9 Å². The summed E-state index contributed by atoms with van der Waals surface area (Å²) in [5.41, 5.74) is 1.31. The predicted octanol–water partition coefficient (Wildman–Crippen LogP) is 4.07. The van der Waals surface area contributed by atoms with Gasteiger partial charge in [-0.15, -0.1) is 0 Å². The van der Waals surface area contributed by atoms with Gasteiger partial charge in [0.15, 0.2) is 0 Å². The highest BCUT2D eigenvalue weighted by Gasteiger charge is 2.28. The SMILES string of the molecule is CCOC(=O)C1CCN(c2ccc(NC(=O)c3ccccc3Cl)cc2C(=O)O)CC1. The van der Waals surface area contributed by atoms with Crippen molar-refractivity contribution in [3.05, 3.63) is 58.6 Å². The summed E-state index contributed by atoms with van der Waals surface area (Å²) in [6.07, 6.45) is 1.20. The summed E-state index contributed by atoms with van der Waals surface area (Å²) in [4.78, 5) is 38.2. The maximum Gasteiger partial charge on any atom is 0.337 e. The zero-order valence-electron chi connectivity index (χ0n) is 16.6. The molecule has 2 N–H and O–H groups in total. The van der Waals surface area contributed by atoms with Gasteiger partial charge < -0.3 is 20.1 Å². The first kappa shape index (κ1) is 21.6. The van der Waals surface area contributed by atoms with Crippen LogP contribution >= 0.6 is 11.6 Å². The lowest BCUT2D eigenvalue weighted by Crippen LogP contribution is -2.37. The number of benzene rings is 2. The lowest BCUT2D eigenvalue weighted by Gasteiger charge is -2.33. The number of carboxylic acid groups (broad SMARTS) is 1. The lowest BCUT2D eigenvalue weighted by atomic mass is 9.96. The van der Waals surface area contributed by atoms with E-state index in [2.05, 4.69) is 5.32 Å². The number of carboxylic acids is 1. The van der Waals surface area contributed by atoms with Crippen LogP contribution < -0.4 is 10.2 Å². The van der Waals surface area contributed by atoms with Crippen LogP contribution in [-0.4, -0.2) is 42.6 Å². The van der Waals surface area contributed by atoms with Crippen molar-refractivity contribution in [3.8, 4) is 0 Å². The number of anilines is 2. The Morgan fingerprint density at radius 3 is 2.47 bits per heavy atom. The minimum atomic E-state index is -1.09. The van der Waals surface area contributed by atoms with E-state index in [1.54, 1.807) is 43.3 Å². The Labute approximate surface area is 179 Å². The third kappa shape index (κ3) is 4.91. The molecule has 30 heavy (non-hydrogen) atoms. The molecule has 0 spiro atoms. The van der Waals surface area contributed by atoms with Crippen molar-refractivity contribution >= 4 is 40.8 Å². The molecule has 1 aliphatic heterocycles. The molecule has 0 radical (unpaired) electrons. The molecule has 158 valence electrons. The number of piperidine rings is 1. The molecule has 7 nitrogen and oxygen atoms in total. The second kappa shape index (κ2) is 9.63. The average Bonchev–Trinajstić information content (AvgIpc) is 2.74. The minimum Gasteiger partial charge on any atom is -0.478 e. The van der Waals surface area contributed by atoms with Gasteiger partial charge in [0.25, 0.3) is 5.91 Å². The van der Waals surface area contributed by atoms with Crippen molar-refractivity contribution in [1.82, 2.24) is 0 Å². The van der Waals surface area contributed by atoms with Gasteiger partial charge in [0, 0.05) is 18.8 Å². The van der Waals surface area contributed by atoms with Crippen molar-refractivity contribution < 1.29 is 24.2 Å². The number of esters is 1. The fraction of sp³-hybridized carbons (Fsp3) is 0.318. The number of ether oxygens (including phenoxy) is 1. The van der Waals surface area contributed by atoms with Crippen LogP contribution in [0.1, 0.15) is 40.5 Å². The number of amides is 1. The average molecular weight is 431 g/mol. The second-order valence-electron chi connectivity index (χ2n) is 6.98. The second-order valence-corrected chi connectivity index (χ2v) is 7.39. The smallest absolute Gasteiger partial charge is 0.337 e. The van der Waals surface area contributed by atoms with Crippen LogP contribution in [0.3, 0.4) is 0 Å². The number of halogens is 1. The molecule has 0 saturated carbocycles. The fourth-order valence-corrected chi connectivity index (χ4v) is 3.74. The molecule has 1 amide bonds. The van der Waals surface area contributed by atoms with Crippen LogP contribution in [0.25, 0.3) is 0 Å². The Kier molecular flexibility index (Phi) is 6.95. The molecule has 1 fully saturated rings. The number of hydrogen-bond acceptors (Lipinski definition) is 5. The maximum absolute atomic E-state index is 12.5. The molecule has 0 aromatic heterocycles. The van der Waals surface area contributed by atoms with Gasteiger partial charge in [-0.05, 0) is 50.1 Å². The molecular formula is C22H23ClN2O5. The summed E-state index contributed by atoms with van der Waals surface area (Å²) in [5, 5.41) is 12.7. The zero-order chi connectivity index (χ0) is 21.7. The Morgan fingerprint density at radius 2 is 1.83 bits per heavy atom. The van der Waals surface area contributed by atoms with Gasteiger partial charge in [0.1, 0.15) is 0 Å². The van der Waals surface area contributed by atoms with Crippen LogP contribution in [0, 0.1) is 5.92 Å². The van der Waals surface area contributed by atoms with Gasteiger partial charge in [-0.3, -0.25) is 9.59 Å². The third-order valence-corrected chi connectivity index (χ3v) is 5.39. The van der Waals surface area contributed by atoms with E-state index in [1.165, 1.54) is 6.07 Å². The highest BCUT2D eigenvalue weighted by Crippen LogP contribution is 2.29. The van der Waals surface area contributed by atoms with Gasteiger partial charge in [-0.1, -0.05) is 23.7 Å². The summed E-state index contributed by atoms with van der Waals surface area (Å²) in [6.45, 7) is 3.23. The van der Waals surface area contributed by atoms with E-state index in [0.717, 1.165) is 0 Å². The Hall–Kier alpha value is -3.06. The van der Waals surface area contributed by atoms with Gasteiger partial charge in [0.2, 0.25) is 0 Å². The van der Waals surface area contributed by atoms with Crippen molar-refractivity contribution in [3.63, 3.8) is 0 Å². The van der Waals surface area contributed by atoms with Crippen LogP contribution in [0.2, 0.25) is 5.02 Å². The molecule has 0 unspecified atom stereocenters. The molecule has 2 aromatic carbocycles. The highest BCUT2D eigenvalue weighted by molar-refractivity contribution is 6.34. The maximum atomic E-state index is 12.5. The van der Waals surface area contributed by atoms with Gasteiger partial charge in [-0.25, -0.2) is 4.79 Å². The molecule has 1 heterocycles. The van der Waals surface area contributed by atoms with Crippen LogP contribution in [0.15, 0.2) is 42.5 Å². The Bertz CT molecular complexity index is 954. The highest BCUT2D eigenvalue weighted by atomic mass is 35.5. The molecule has 2 aromatic rings. The first-order valence-corrected chi connectivity index (χ1v) is 10.1. The van der Waals surface area contributed by atoms with Crippen molar-refractivity contribution in [2.75, 3.05) is 29.9 Å². The monoisotopic (exact) mass is 430 g/mol. The molecule has 0 aliphatic carbocycles.